The van der Waals surface area contributed by atoms with Gasteiger partial charge in [-0.25, -0.2) is 4.68 Å². The lowest BCUT2D eigenvalue weighted by atomic mass is 9.96. The van der Waals surface area contributed by atoms with Crippen molar-refractivity contribution in [2.24, 2.45) is 5.92 Å². The van der Waals surface area contributed by atoms with Crippen molar-refractivity contribution in [2.75, 3.05) is 18.0 Å². The molecule has 0 unspecified atom stereocenters. The van der Waals surface area contributed by atoms with Gasteiger partial charge in [-0.1, -0.05) is 22.9 Å². The van der Waals surface area contributed by atoms with Crippen molar-refractivity contribution in [2.45, 2.75) is 25.7 Å². The first-order chi connectivity index (χ1) is 17.9. The van der Waals surface area contributed by atoms with Crippen LogP contribution < -0.4 is 10.5 Å². The number of carbonyl (C=O) groups excluding carboxylic acids is 1. The summed E-state index contributed by atoms with van der Waals surface area (Å²) in [5.74, 6) is -1.13. The number of halogens is 1. The molecule has 0 atom stereocenters. The quantitative estimate of drug-likeness (QED) is 0.334. The highest BCUT2D eigenvalue weighted by atomic mass is 35.5. The standard InChI is InChI=1S/C26H24ClN5O4S/c27-24-9-8-23(37-24)22(33)7-4-18-16-32(29-28-18)20-6-5-19(31-12-2-1-3-25(31)34)15-21(20)30-13-10-17(11-14-30)26(35)36/h1-3,5-6,8-9,12,15-17H,4,7,10-11,13-14H2,(H,35,36). The van der Waals surface area contributed by atoms with E-state index in [1.807, 2.05) is 18.2 Å². The van der Waals surface area contributed by atoms with Crippen LogP contribution in [0.4, 0.5) is 5.69 Å². The first kappa shape index (κ1) is 24.9. The van der Waals surface area contributed by atoms with Crippen LogP contribution in [-0.4, -0.2) is 49.5 Å². The van der Waals surface area contributed by atoms with Crippen molar-refractivity contribution in [3.05, 3.63) is 86.2 Å². The molecule has 37 heavy (non-hydrogen) atoms. The summed E-state index contributed by atoms with van der Waals surface area (Å²) >= 11 is 7.20. The number of piperidine rings is 1. The molecule has 11 heteroatoms. The fraction of sp³-hybridized carbons (Fsp3) is 0.269. The molecule has 5 rings (SSSR count). The first-order valence-electron chi connectivity index (χ1n) is 11.9. The highest BCUT2D eigenvalue weighted by molar-refractivity contribution is 7.18. The summed E-state index contributed by atoms with van der Waals surface area (Å²) in [5, 5.41) is 18.0. The van der Waals surface area contributed by atoms with Crippen molar-refractivity contribution in [3.63, 3.8) is 0 Å². The Morgan fingerprint density at radius 1 is 1.08 bits per heavy atom. The Kier molecular flexibility index (Phi) is 7.20. The summed E-state index contributed by atoms with van der Waals surface area (Å²) < 4.78 is 3.81. The zero-order chi connectivity index (χ0) is 25.9. The second-order valence-electron chi connectivity index (χ2n) is 8.86. The lowest BCUT2D eigenvalue weighted by molar-refractivity contribution is -0.142. The molecule has 0 spiro atoms. The normalized spacial score (nSPS) is 14.1. The van der Waals surface area contributed by atoms with Crippen LogP contribution in [0.1, 0.15) is 34.6 Å². The third-order valence-corrected chi connectivity index (χ3v) is 7.76. The summed E-state index contributed by atoms with van der Waals surface area (Å²) in [7, 11) is 0. The lowest BCUT2D eigenvalue weighted by Gasteiger charge is -2.33. The van der Waals surface area contributed by atoms with Gasteiger partial charge in [0.15, 0.2) is 5.78 Å². The van der Waals surface area contributed by atoms with Crippen LogP contribution in [0, 0.1) is 5.92 Å². The molecule has 1 aliphatic heterocycles. The zero-order valence-electron chi connectivity index (χ0n) is 19.8. The van der Waals surface area contributed by atoms with E-state index in [9.17, 15) is 19.5 Å². The molecule has 4 aromatic rings. The van der Waals surface area contributed by atoms with Gasteiger partial charge in [-0.3, -0.25) is 19.0 Å². The average Bonchev–Trinajstić information content (AvgIpc) is 3.56. The minimum absolute atomic E-state index is 0.00564. The highest BCUT2D eigenvalue weighted by Gasteiger charge is 2.26. The number of carboxylic acid groups (broad SMARTS) is 1. The molecule has 190 valence electrons. The molecule has 1 N–H and O–H groups in total. The number of benzene rings is 1. The van der Waals surface area contributed by atoms with E-state index in [1.165, 1.54) is 17.4 Å². The van der Waals surface area contributed by atoms with E-state index in [0.717, 1.165) is 11.4 Å². The number of carbonyl (C=O) groups is 2. The van der Waals surface area contributed by atoms with Crippen LogP contribution in [-0.2, 0) is 11.2 Å². The number of rotatable bonds is 8. The Hall–Kier alpha value is -3.76. The Bertz CT molecular complexity index is 1500. The van der Waals surface area contributed by atoms with Gasteiger partial charge in [0.05, 0.1) is 44.1 Å². The Morgan fingerprint density at radius 2 is 1.89 bits per heavy atom. The number of hydrogen-bond acceptors (Lipinski definition) is 7. The maximum absolute atomic E-state index is 12.5. The molecule has 1 saturated heterocycles. The number of ketones is 1. The molecule has 0 saturated carbocycles. The maximum Gasteiger partial charge on any atom is 0.306 e. The molecule has 4 heterocycles. The van der Waals surface area contributed by atoms with Crippen LogP contribution in [0.25, 0.3) is 11.4 Å². The monoisotopic (exact) mass is 537 g/mol. The smallest absolute Gasteiger partial charge is 0.306 e. The lowest BCUT2D eigenvalue weighted by Crippen LogP contribution is -2.37. The van der Waals surface area contributed by atoms with Crippen LogP contribution in [0.3, 0.4) is 0 Å². The Balaban J connectivity index is 1.42. The number of anilines is 1. The van der Waals surface area contributed by atoms with E-state index >= 15 is 0 Å². The molecular weight excluding hydrogens is 514 g/mol. The van der Waals surface area contributed by atoms with Gasteiger partial charge in [0.2, 0.25) is 0 Å². The van der Waals surface area contributed by atoms with Gasteiger partial charge in [0.25, 0.3) is 5.56 Å². The highest BCUT2D eigenvalue weighted by Crippen LogP contribution is 2.31. The van der Waals surface area contributed by atoms with Gasteiger partial charge in [0.1, 0.15) is 0 Å². The van der Waals surface area contributed by atoms with Crippen molar-refractivity contribution in [1.82, 2.24) is 19.6 Å². The third kappa shape index (κ3) is 5.50. The van der Waals surface area contributed by atoms with Crippen LogP contribution in [0.2, 0.25) is 4.34 Å². The maximum atomic E-state index is 12.5. The summed E-state index contributed by atoms with van der Waals surface area (Å²) in [6.45, 7) is 1.13. The third-order valence-electron chi connectivity index (χ3n) is 6.49. The molecule has 0 amide bonds. The second-order valence-corrected chi connectivity index (χ2v) is 10.6. The first-order valence-corrected chi connectivity index (χ1v) is 13.1. The number of thiophene rings is 1. The zero-order valence-corrected chi connectivity index (χ0v) is 21.4. The topological polar surface area (TPSA) is 110 Å². The SMILES string of the molecule is O=C(CCc1cn(-c2ccc(-n3ccccc3=O)cc2N2CCC(C(=O)O)CC2)nn1)c1ccc(Cl)s1. The van der Waals surface area contributed by atoms with Gasteiger partial charge < -0.3 is 10.0 Å². The number of aromatic nitrogens is 4. The van der Waals surface area contributed by atoms with Gasteiger partial charge >= 0.3 is 5.97 Å². The molecular formula is C26H24ClN5O4S. The van der Waals surface area contributed by atoms with Crippen LogP contribution in [0.15, 0.2) is 65.7 Å². The molecule has 1 aromatic carbocycles. The minimum Gasteiger partial charge on any atom is -0.481 e. The van der Waals surface area contributed by atoms with E-state index in [-0.39, 0.29) is 17.3 Å². The van der Waals surface area contributed by atoms with E-state index in [1.54, 1.807) is 45.9 Å². The number of nitrogens with zero attached hydrogens (tertiary/aromatic N) is 5. The number of pyridine rings is 1. The summed E-state index contributed by atoms with van der Waals surface area (Å²) in [5.41, 5.74) is 2.82. The minimum atomic E-state index is -0.773. The summed E-state index contributed by atoms with van der Waals surface area (Å²) in [6, 6.07) is 14.1. The summed E-state index contributed by atoms with van der Waals surface area (Å²) in [6.07, 6.45) is 5.30. The average molecular weight is 538 g/mol. The molecule has 0 aliphatic carbocycles. The van der Waals surface area contributed by atoms with Gasteiger partial charge in [-0.2, -0.15) is 0 Å². The predicted octanol–water partition coefficient (Wildman–Crippen LogP) is 4.25. The molecule has 0 bridgehead atoms. The molecule has 9 nitrogen and oxygen atoms in total. The van der Waals surface area contributed by atoms with E-state index in [0.29, 0.717) is 59.4 Å². The van der Waals surface area contributed by atoms with Gasteiger partial charge in [0, 0.05) is 38.2 Å². The molecule has 0 radical (unpaired) electrons. The predicted molar refractivity (Wildman–Crippen MR) is 142 cm³/mol. The van der Waals surface area contributed by atoms with Crippen molar-refractivity contribution < 1.29 is 14.7 Å². The number of Topliss-reactive ketones (excluding diaryl/α,β-unsaturated/α-hetero) is 1. The fourth-order valence-electron chi connectivity index (χ4n) is 4.48. The Labute approximate surface area is 221 Å². The molecule has 1 fully saturated rings. The van der Waals surface area contributed by atoms with Crippen LogP contribution >= 0.6 is 22.9 Å². The van der Waals surface area contributed by atoms with E-state index in [2.05, 4.69) is 15.2 Å². The van der Waals surface area contributed by atoms with Gasteiger partial charge in [-0.15, -0.1) is 16.4 Å². The van der Waals surface area contributed by atoms with Crippen molar-refractivity contribution in [3.8, 4) is 11.4 Å². The van der Waals surface area contributed by atoms with Gasteiger partial charge in [-0.05, 0) is 49.2 Å². The van der Waals surface area contributed by atoms with Crippen LogP contribution in [0.5, 0.6) is 0 Å². The number of aryl methyl sites for hydroxylation is 1. The van der Waals surface area contributed by atoms with E-state index in [4.69, 9.17) is 11.6 Å². The van der Waals surface area contributed by atoms with Crippen molar-refractivity contribution >= 4 is 40.4 Å². The Morgan fingerprint density at radius 3 is 2.59 bits per heavy atom. The fourth-order valence-corrected chi connectivity index (χ4v) is 5.49. The molecule has 3 aromatic heterocycles. The van der Waals surface area contributed by atoms with E-state index < -0.39 is 5.97 Å². The summed E-state index contributed by atoms with van der Waals surface area (Å²) in [4.78, 5) is 39.1. The number of carboxylic acids is 1. The number of aliphatic carboxylic acids is 1. The largest absolute Gasteiger partial charge is 0.481 e. The second kappa shape index (κ2) is 10.7. The van der Waals surface area contributed by atoms with Crippen molar-refractivity contribution in [1.29, 1.82) is 0 Å². The molecule has 1 aliphatic rings. The number of hydrogen-bond donors (Lipinski definition) is 1.